The largest absolute Gasteiger partial charge is 1.00 e. The molecule has 5 heteroatoms. The zero-order valence-corrected chi connectivity index (χ0v) is 13.0. The van der Waals surface area contributed by atoms with Crippen LogP contribution in [0.4, 0.5) is 0 Å². The fraction of sp³-hybridized carbons (Fsp3) is 0.286. The normalized spacial score (nSPS) is 10.3. The molecule has 2 rings (SSSR count). The van der Waals surface area contributed by atoms with Crippen LogP contribution in [0.25, 0.3) is 11.3 Å². The average Bonchev–Trinajstić information content (AvgIpc) is 2.82. The second-order valence-electron chi connectivity index (χ2n) is 4.13. The second-order valence-corrected chi connectivity index (χ2v) is 4.98. The lowest BCUT2D eigenvalue weighted by molar-refractivity contribution is -0.00000528. The first kappa shape index (κ1) is 16.2. The summed E-state index contributed by atoms with van der Waals surface area (Å²) in [5.41, 5.74) is 2.26. The molecule has 1 aromatic carbocycles. The molecule has 3 nitrogen and oxygen atoms in total. The van der Waals surface area contributed by atoms with Gasteiger partial charge in [0.1, 0.15) is 11.5 Å². The number of aryl methyl sites for hydroxylation is 1. The summed E-state index contributed by atoms with van der Waals surface area (Å²) in [6.45, 7) is 3.41. The van der Waals surface area contributed by atoms with Crippen LogP contribution in [0.15, 0.2) is 39.2 Å². The van der Waals surface area contributed by atoms with Crippen molar-refractivity contribution in [1.82, 2.24) is 5.32 Å². The minimum absolute atomic E-state index is 0. The van der Waals surface area contributed by atoms with Crippen molar-refractivity contribution < 1.29 is 21.9 Å². The molecule has 19 heavy (non-hydrogen) atoms. The number of nitrogens with one attached hydrogen (secondary N) is 1. The first-order chi connectivity index (χ1) is 8.70. The van der Waals surface area contributed by atoms with Crippen LogP contribution < -0.4 is 17.7 Å². The predicted molar refractivity (Wildman–Crippen MR) is 75.4 cm³/mol. The summed E-state index contributed by atoms with van der Waals surface area (Å²) in [4.78, 5) is 0. The fourth-order valence-corrected chi connectivity index (χ4v) is 1.96. The van der Waals surface area contributed by atoms with Gasteiger partial charge in [-0.05, 0) is 36.8 Å². The highest BCUT2D eigenvalue weighted by atomic mass is 79.9. The van der Waals surface area contributed by atoms with Crippen molar-refractivity contribution in [2.45, 2.75) is 13.5 Å². The number of halogens is 2. The Hall–Kier alpha value is -0.810. The van der Waals surface area contributed by atoms with Crippen LogP contribution in [-0.4, -0.2) is 18.3 Å². The van der Waals surface area contributed by atoms with Crippen molar-refractivity contribution in [3.05, 3.63) is 46.1 Å². The van der Waals surface area contributed by atoms with Gasteiger partial charge in [0.2, 0.25) is 0 Å². The number of benzene rings is 1. The Bertz CT molecular complexity index is 528. The quantitative estimate of drug-likeness (QED) is 0.756. The molecule has 0 amide bonds. The summed E-state index contributed by atoms with van der Waals surface area (Å²) in [5.74, 6) is 1.74. The van der Waals surface area contributed by atoms with Gasteiger partial charge in [0.15, 0.2) is 0 Å². The minimum Gasteiger partial charge on any atom is -1.00 e. The van der Waals surface area contributed by atoms with Crippen LogP contribution in [0, 0.1) is 6.92 Å². The molecule has 0 aliphatic carbocycles. The van der Waals surface area contributed by atoms with Crippen LogP contribution in [0.2, 0.25) is 0 Å². The third-order valence-corrected chi connectivity index (χ3v) is 3.58. The lowest BCUT2D eigenvalue weighted by atomic mass is 10.1. The molecule has 0 aliphatic heterocycles. The lowest BCUT2D eigenvalue weighted by Gasteiger charge is -2.02. The summed E-state index contributed by atoms with van der Waals surface area (Å²) in [6.07, 6.45) is 0. The summed E-state index contributed by atoms with van der Waals surface area (Å²) >= 11 is 3.48. The van der Waals surface area contributed by atoms with E-state index in [4.69, 9.17) is 9.52 Å². The van der Waals surface area contributed by atoms with Gasteiger partial charge >= 0.3 is 0 Å². The summed E-state index contributed by atoms with van der Waals surface area (Å²) in [5, 5.41) is 11.8. The van der Waals surface area contributed by atoms with Crippen LogP contribution >= 0.6 is 15.9 Å². The topological polar surface area (TPSA) is 45.4 Å². The Kier molecular flexibility index (Phi) is 6.58. The number of aliphatic hydroxyl groups is 1. The number of hydrogen-bond donors (Lipinski definition) is 2. The van der Waals surface area contributed by atoms with Gasteiger partial charge in [-0.25, -0.2) is 0 Å². The molecule has 0 atom stereocenters. The highest BCUT2D eigenvalue weighted by Gasteiger charge is 2.05. The van der Waals surface area contributed by atoms with Crippen molar-refractivity contribution in [3.63, 3.8) is 0 Å². The molecule has 0 fully saturated rings. The molecule has 2 N–H and O–H groups in total. The molecule has 0 bridgehead atoms. The highest BCUT2D eigenvalue weighted by Crippen LogP contribution is 2.26. The van der Waals surface area contributed by atoms with Crippen molar-refractivity contribution in [1.29, 1.82) is 0 Å². The maximum absolute atomic E-state index is 8.69. The highest BCUT2D eigenvalue weighted by molar-refractivity contribution is 9.10. The number of rotatable bonds is 5. The van der Waals surface area contributed by atoms with Crippen LogP contribution in [-0.2, 0) is 6.54 Å². The molecule has 1 aromatic heterocycles. The van der Waals surface area contributed by atoms with Crippen LogP contribution in [0.1, 0.15) is 11.3 Å². The Morgan fingerprint density at radius 2 is 2.05 bits per heavy atom. The van der Waals surface area contributed by atoms with Crippen LogP contribution in [0.3, 0.4) is 0 Å². The monoisotopic (exact) mass is 344 g/mol. The van der Waals surface area contributed by atoms with Gasteiger partial charge in [-0.1, -0.05) is 22.0 Å². The van der Waals surface area contributed by atoms with Crippen molar-refractivity contribution in [2.24, 2.45) is 0 Å². The number of hydrogen-bond acceptors (Lipinski definition) is 3. The van der Waals surface area contributed by atoms with E-state index < -0.39 is 0 Å². The maximum Gasteiger partial charge on any atom is 0.134 e. The first-order valence-corrected chi connectivity index (χ1v) is 6.67. The van der Waals surface area contributed by atoms with Gasteiger partial charge in [0.25, 0.3) is 0 Å². The van der Waals surface area contributed by atoms with E-state index in [9.17, 15) is 0 Å². The molecule has 0 unspecified atom stereocenters. The maximum atomic E-state index is 8.69. The molecule has 104 valence electrons. The minimum atomic E-state index is 0. The zero-order valence-electron chi connectivity index (χ0n) is 10.6. The molecular formula is C14H16BrClNO2-. The van der Waals surface area contributed by atoms with E-state index in [0.29, 0.717) is 13.1 Å². The third kappa shape index (κ3) is 4.35. The van der Waals surface area contributed by atoms with Crippen molar-refractivity contribution >= 4 is 15.9 Å². The van der Waals surface area contributed by atoms with Gasteiger partial charge in [0, 0.05) is 16.6 Å². The Morgan fingerprint density at radius 3 is 2.74 bits per heavy atom. The fourth-order valence-electron chi connectivity index (χ4n) is 1.72. The Balaban J connectivity index is 0.00000180. The number of aliphatic hydroxyl groups excluding tert-OH is 1. The van der Waals surface area contributed by atoms with E-state index in [1.165, 1.54) is 5.56 Å². The Morgan fingerprint density at radius 1 is 1.26 bits per heavy atom. The first-order valence-electron chi connectivity index (χ1n) is 5.87. The van der Waals surface area contributed by atoms with E-state index in [1.807, 2.05) is 24.3 Å². The molecule has 0 aliphatic rings. The van der Waals surface area contributed by atoms with E-state index in [0.717, 1.165) is 21.6 Å². The van der Waals surface area contributed by atoms with Crippen molar-refractivity contribution in [2.75, 3.05) is 13.2 Å². The van der Waals surface area contributed by atoms with E-state index >= 15 is 0 Å². The molecular weight excluding hydrogens is 330 g/mol. The van der Waals surface area contributed by atoms with E-state index in [1.54, 1.807) is 0 Å². The van der Waals surface area contributed by atoms with Gasteiger partial charge in [-0.3, -0.25) is 0 Å². The molecule has 0 radical (unpaired) electrons. The van der Waals surface area contributed by atoms with Crippen LogP contribution in [0.5, 0.6) is 0 Å². The lowest BCUT2D eigenvalue weighted by Crippen LogP contribution is -3.00. The van der Waals surface area contributed by atoms with Crippen molar-refractivity contribution in [3.8, 4) is 11.3 Å². The molecule has 0 saturated carbocycles. The molecule has 2 aromatic rings. The third-order valence-electron chi connectivity index (χ3n) is 2.69. The molecule has 0 spiro atoms. The van der Waals surface area contributed by atoms with Gasteiger partial charge in [-0.15, -0.1) is 0 Å². The summed E-state index contributed by atoms with van der Waals surface area (Å²) in [6, 6.07) is 10.1. The smallest absolute Gasteiger partial charge is 0.134 e. The zero-order chi connectivity index (χ0) is 13.0. The number of furan rings is 1. The predicted octanol–water partition coefficient (Wildman–Crippen LogP) is 0.103. The molecule has 0 saturated heterocycles. The SMILES string of the molecule is Cc1cc(-c2ccc(CNCCO)o2)ccc1Br.[Cl-]. The van der Waals surface area contributed by atoms with Gasteiger partial charge in [0.05, 0.1) is 13.2 Å². The van der Waals surface area contributed by atoms with E-state index in [2.05, 4.69) is 34.2 Å². The van der Waals surface area contributed by atoms with Gasteiger partial charge < -0.3 is 27.2 Å². The molecule has 1 heterocycles. The Labute approximate surface area is 127 Å². The van der Waals surface area contributed by atoms with E-state index in [-0.39, 0.29) is 19.0 Å². The summed E-state index contributed by atoms with van der Waals surface area (Å²) < 4.78 is 6.85. The second kappa shape index (κ2) is 7.70. The standard InChI is InChI=1S/C14H16BrNO2.ClH/c1-10-8-11(2-4-13(10)15)14-5-3-12(18-14)9-16-6-7-17;/h2-5,8,16-17H,6-7,9H2,1H3;1H/p-1. The summed E-state index contributed by atoms with van der Waals surface area (Å²) in [7, 11) is 0. The van der Waals surface area contributed by atoms with Gasteiger partial charge in [-0.2, -0.15) is 0 Å². The average molecular weight is 346 g/mol.